The normalized spacial score (nSPS) is 17.4. The predicted octanol–water partition coefficient (Wildman–Crippen LogP) is 11.4. The number of rotatable bonds is 5. The Bertz CT molecular complexity index is 1850. The standard InChI is InChI=1S/C19H19.C18H17.2CH3.2ClH.H2Si.Zr/c1-13(2)16-11-15-8-6-10-18(19(15)12-16)17-9-5-4-7-14(17)3;1-12-10-17-14(3)8-9-16(18(17)11-12)15-7-5-4-6-13(15)2;;;;;;/h4-13H,1-3H3;4-11H,1-3H3;2*1H3;2*1H;1H2;. The summed E-state index contributed by atoms with van der Waals surface area (Å²) in [6, 6.07) is 29.7. The Balaban J connectivity index is 0.00000212. The Morgan fingerprint density at radius 1 is 0.581 bits per heavy atom. The molecule has 224 valence electrons. The van der Waals surface area contributed by atoms with E-state index in [0.29, 0.717) is 13.2 Å². The molecule has 2 aliphatic carbocycles. The van der Waals surface area contributed by atoms with Gasteiger partial charge in [-0.25, -0.2) is 0 Å². The molecular formula is C39H46Cl2SiZr. The van der Waals surface area contributed by atoms with E-state index in [4.69, 9.17) is 0 Å². The molecule has 2 aliphatic rings. The summed E-state index contributed by atoms with van der Waals surface area (Å²) in [6.07, 6.45) is 5.16. The Morgan fingerprint density at radius 2 is 1.12 bits per heavy atom. The average Bonchev–Trinajstić information content (AvgIpc) is 3.50. The largest absolute Gasteiger partial charge is 0.147 e. The quantitative estimate of drug-likeness (QED) is 0.181. The summed E-state index contributed by atoms with van der Waals surface area (Å²) in [5.74, 6) is 0.513. The molecule has 0 bridgehead atoms. The van der Waals surface area contributed by atoms with Gasteiger partial charge in [0, 0.05) is 0 Å². The molecule has 0 fully saturated rings. The van der Waals surface area contributed by atoms with E-state index in [1.165, 1.54) is 50.1 Å². The van der Waals surface area contributed by atoms with Crippen LogP contribution in [0.1, 0.15) is 67.0 Å². The second-order valence-corrected chi connectivity index (χ2v) is 44.7. The SMILES string of the molecule is CC1=Cc2c(-c3ccccc3C)ccc(C)c2[CH]1[Zr]([CH3])([CH3])(=[SiH2])[CH]1C(C(C)C)=Cc2c(-c3ccccc3C)cccc21.Cl.Cl. The van der Waals surface area contributed by atoms with Crippen molar-refractivity contribution in [2.45, 2.75) is 58.1 Å². The van der Waals surface area contributed by atoms with Crippen LogP contribution in [0.25, 0.3) is 34.4 Å². The molecule has 0 radical (unpaired) electrons. The van der Waals surface area contributed by atoms with Crippen molar-refractivity contribution in [3.05, 3.63) is 129 Å². The second-order valence-electron chi connectivity index (χ2n) is 14.2. The zero-order valence-electron chi connectivity index (χ0n) is 26.9. The van der Waals surface area contributed by atoms with Crippen molar-refractivity contribution < 1.29 is 17.4 Å². The van der Waals surface area contributed by atoms with E-state index in [-0.39, 0.29) is 24.8 Å². The maximum Gasteiger partial charge on any atom is -0.147 e. The van der Waals surface area contributed by atoms with Crippen LogP contribution in [0.3, 0.4) is 0 Å². The molecule has 4 aromatic carbocycles. The summed E-state index contributed by atoms with van der Waals surface area (Å²) in [6.45, 7) is 16.6. The zero-order valence-corrected chi connectivity index (χ0v) is 32.4. The van der Waals surface area contributed by atoms with Gasteiger partial charge in [-0.2, -0.15) is 0 Å². The summed E-state index contributed by atoms with van der Waals surface area (Å²) in [7, 11) is 0. The first-order valence-electron chi connectivity index (χ1n) is 15.2. The number of halogens is 2. The van der Waals surface area contributed by atoms with E-state index >= 15 is 0 Å². The Hall–Kier alpha value is -1.96. The van der Waals surface area contributed by atoms with Crippen molar-refractivity contribution in [2.24, 2.45) is 5.92 Å². The van der Waals surface area contributed by atoms with Crippen molar-refractivity contribution >= 4 is 43.8 Å². The second kappa shape index (κ2) is 12.1. The van der Waals surface area contributed by atoms with E-state index < -0.39 is 17.4 Å². The van der Waals surface area contributed by atoms with Gasteiger partial charge in [-0.15, -0.1) is 24.8 Å². The predicted molar refractivity (Wildman–Crippen MR) is 195 cm³/mol. The summed E-state index contributed by atoms with van der Waals surface area (Å²) < 4.78 is 6.59. The van der Waals surface area contributed by atoms with Crippen molar-refractivity contribution in [3.8, 4) is 22.3 Å². The molecule has 4 aromatic rings. The molecule has 4 heteroatoms. The van der Waals surface area contributed by atoms with E-state index in [1.807, 2.05) is 0 Å². The Labute approximate surface area is 274 Å². The van der Waals surface area contributed by atoms with Crippen molar-refractivity contribution in [1.82, 2.24) is 0 Å². The molecule has 2 atom stereocenters. The third kappa shape index (κ3) is 5.46. The van der Waals surface area contributed by atoms with Gasteiger partial charge in [-0.3, -0.25) is 0 Å². The third-order valence-electron chi connectivity index (χ3n) is 10.1. The van der Waals surface area contributed by atoms with Crippen molar-refractivity contribution in [3.63, 3.8) is 0 Å². The topological polar surface area (TPSA) is 0 Å². The van der Waals surface area contributed by atoms with Crippen LogP contribution in [0, 0.1) is 26.7 Å². The number of hydrogen-bond donors (Lipinski definition) is 0. The summed E-state index contributed by atoms with van der Waals surface area (Å²) in [5, 5.41) is 0. The van der Waals surface area contributed by atoms with Gasteiger partial charge in [0.1, 0.15) is 0 Å². The monoisotopic (exact) mass is 702 g/mol. The van der Waals surface area contributed by atoms with Gasteiger partial charge in [0.25, 0.3) is 0 Å². The first-order valence-corrected chi connectivity index (χ1v) is 28.9. The van der Waals surface area contributed by atoms with Crippen LogP contribution >= 0.6 is 24.8 Å². The van der Waals surface area contributed by atoms with Gasteiger partial charge < -0.3 is 0 Å². The number of benzene rings is 4. The van der Waals surface area contributed by atoms with Crippen LogP contribution in [-0.4, -0.2) is 6.88 Å². The molecule has 0 heterocycles. The van der Waals surface area contributed by atoms with Crippen LogP contribution in [0.2, 0.25) is 9.26 Å². The van der Waals surface area contributed by atoms with Crippen LogP contribution in [0.5, 0.6) is 0 Å². The van der Waals surface area contributed by atoms with Crippen molar-refractivity contribution in [1.29, 1.82) is 0 Å². The van der Waals surface area contributed by atoms with Gasteiger partial charge in [-0.1, -0.05) is 0 Å². The Kier molecular flexibility index (Phi) is 9.54. The van der Waals surface area contributed by atoms with Gasteiger partial charge in [-0.05, 0) is 0 Å². The Morgan fingerprint density at radius 3 is 1.67 bits per heavy atom. The third-order valence-corrected chi connectivity index (χ3v) is 27.7. The van der Waals surface area contributed by atoms with Gasteiger partial charge in [0.15, 0.2) is 0 Å². The summed E-state index contributed by atoms with van der Waals surface area (Å²) in [5.41, 5.74) is 19.0. The molecule has 0 saturated heterocycles. The maximum absolute atomic E-state index is 3.66. The first kappa shape index (κ1) is 33.9. The van der Waals surface area contributed by atoms with Crippen LogP contribution in [0.15, 0.2) is 90.0 Å². The van der Waals surface area contributed by atoms with Crippen LogP contribution in [0.4, 0.5) is 0 Å². The fourth-order valence-electron chi connectivity index (χ4n) is 8.41. The number of allylic oxidation sites excluding steroid dienone is 2. The minimum absolute atomic E-state index is 0. The molecule has 0 saturated carbocycles. The summed E-state index contributed by atoms with van der Waals surface area (Å²) in [4.78, 5) is 0. The van der Waals surface area contributed by atoms with E-state index in [1.54, 1.807) is 22.3 Å². The van der Waals surface area contributed by atoms with Crippen LogP contribution < -0.4 is 0 Å². The van der Waals surface area contributed by atoms with Gasteiger partial charge in [0.05, 0.1) is 0 Å². The maximum atomic E-state index is 2.77. The minimum atomic E-state index is -3.66. The molecule has 6 rings (SSSR count). The molecule has 0 aliphatic heterocycles. The fourth-order valence-corrected chi connectivity index (χ4v) is 29.0. The van der Waals surface area contributed by atoms with E-state index in [2.05, 4.69) is 149 Å². The van der Waals surface area contributed by atoms with Gasteiger partial charge in [0.2, 0.25) is 0 Å². The van der Waals surface area contributed by atoms with E-state index in [9.17, 15) is 0 Å². The molecule has 0 spiro atoms. The molecular weight excluding hydrogens is 659 g/mol. The molecule has 0 amide bonds. The zero-order chi connectivity index (χ0) is 29.3. The fraction of sp³-hybridized carbons (Fsp3) is 0.282. The number of hydrogen-bond acceptors (Lipinski definition) is 0. The van der Waals surface area contributed by atoms with E-state index in [0.717, 1.165) is 0 Å². The molecule has 2 unspecified atom stereocenters. The summed E-state index contributed by atoms with van der Waals surface area (Å²) >= 11 is -3.66. The minimum Gasteiger partial charge on any atom is -0.147 e. The first-order chi connectivity index (χ1) is 19.4. The van der Waals surface area contributed by atoms with Gasteiger partial charge >= 0.3 is 252 Å². The number of fused-ring (bicyclic) bond motifs is 2. The average molecular weight is 705 g/mol. The molecule has 43 heavy (non-hydrogen) atoms. The van der Waals surface area contributed by atoms with Crippen molar-refractivity contribution in [2.75, 3.05) is 0 Å². The smallest absolute Gasteiger partial charge is 0.147 e. The molecule has 0 aromatic heterocycles. The number of aryl methyl sites for hydroxylation is 3. The van der Waals surface area contributed by atoms with Crippen LogP contribution in [-0.2, 0) is 17.4 Å². The molecule has 0 N–H and O–H groups in total. The molecule has 0 nitrogen and oxygen atoms in total.